The van der Waals surface area contributed by atoms with E-state index in [0.717, 1.165) is 27.2 Å². The summed E-state index contributed by atoms with van der Waals surface area (Å²) in [5, 5.41) is 5.43. The van der Waals surface area contributed by atoms with Crippen molar-refractivity contribution >= 4 is 11.3 Å². The van der Waals surface area contributed by atoms with Crippen molar-refractivity contribution in [1.82, 2.24) is 19.7 Å². The molecule has 0 amide bonds. The maximum absolute atomic E-state index is 5.62. The topological polar surface area (TPSA) is 69.6 Å². The van der Waals surface area contributed by atoms with Crippen molar-refractivity contribution in [2.24, 2.45) is 12.8 Å². The molecule has 0 spiro atoms. The summed E-state index contributed by atoms with van der Waals surface area (Å²) < 4.78 is 1.86. The minimum absolute atomic E-state index is 0.485. The highest BCUT2D eigenvalue weighted by Crippen LogP contribution is 2.39. The molecule has 2 N–H and O–H groups in total. The Morgan fingerprint density at radius 2 is 2.18 bits per heavy atom. The fraction of sp³-hybridized carbons (Fsp3) is 0.545. The maximum Gasteiger partial charge on any atom is 0.170 e. The second-order valence-electron chi connectivity index (χ2n) is 4.42. The van der Waals surface area contributed by atoms with Crippen molar-refractivity contribution < 1.29 is 0 Å². The quantitative estimate of drug-likeness (QED) is 0.896. The Kier molecular flexibility index (Phi) is 2.48. The molecule has 0 bridgehead atoms. The zero-order valence-corrected chi connectivity index (χ0v) is 10.8. The van der Waals surface area contributed by atoms with E-state index < -0.39 is 0 Å². The summed E-state index contributed by atoms with van der Waals surface area (Å²) in [6.45, 7) is 2.48. The lowest BCUT2D eigenvalue weighted by atomic mass is 10.3. The van der Waals surface area contributed by atoms with Gasteiger partial charge < -0.3 is 5.73 Å². The molecule has 90 valence electrons. The number of nitrogens with two attached hydrogens (primary N) is 1. The number of thiazole rings is 1. The zero-order valence-electron chi connectivity index (χ0n) is 9.97. The standard InChI is InChI=1S/C11H15N5S/c1-6-9(17-8(5-12)13-6)11-14-10(7-3-4-7)15-16(11)2/h7H,3-5,12H2,1-2H3. The van der Waals surface area contributed by atoms with E-state index in [0.29, 0.717) is 12.5 Å². The van der Waals surface area contributed by atoms with Crippen molar-refractivity contribution in [2.45, 2.75) is 32.2 Å². The van der Waals surface area contributed by atoms with Gasteiger partial charge in [0.25, 0.3) is 0 Å². The predicted molar refractivity (Wildman–Crippen MR) is 66.7 cm³/mol. The van der Waals surface area contributed by atoms with Crippen molar-refractivity contribution in [1.29, 1.82) is 0 Å². The second kappa shape index (κ2) is 3.89. The molecular formula is C11H15N5S. The van der Waals surface area contributed by atoms with Gasteiger partial charge in [0.2, 0.25) is 0 Å². The number of hydrogen-bond donors (Lipinski definition) is 1. The number of rotatable bonds is 3. The van der Waals surface area contributed by atoms with Gasteiger partial charge in [-0.15, -0.1) is 11.3 Å². The first-order valence-corrected chi connectivity index (χ1v) is 6.58. The van der Waals surface area contributed by atoms with E-state index in [9.17, 15) is 0 Å². The lowest BCUT2D eigenvalue weighted by Gasteiger charge is -1.95. The lowest BCUT2D eigenvalue weighted by molar-refractivity contribution is 0.750. The third-order valence-corrected chi connectivity index (χ3v) is 4.12. The fourth-order valence-corrected chi connectivity index (χ4v) is 2.83. The molecule has 5 nitrogen and oxygen atoms in total. The van der Waals surface area contributed by atoms with E-state index in [1.165, 1.54) is 12.8 Å². The van der Waals surface area contributed by atoms with Crippen molar-refractivity contribution in [2.75, 3.05) is 0 Å². The normalized spacial score (nSPS) is 15.5. The molecule has 2 heterocycles. The lowest BCUT2D eigenvalue weighted by Crippen LogP contribution is -1.94. The molecule has 1 aliphatic carbocycles. The van der Waals surface area contributed by atoms with E-state index in [1.807, 2.05) is 18.7 Å². The molecule has 0 aromatic carbocycles. The molecule has 0 aliphatic heterocycles. The van der Waals surface area contributed by atoms with Crippen molar-refractivity contribution in [3.63, 3.8) is 0 Å². The van der Waals surface area contributed by atoms with E-state index >= 15 is 0 Å². The highest BCUT2D eigenvalue weighted by molar-refractivity contribution is 7.15. The van der Waals surface area contributed by atoms with E-state index in [1.54, 1.807) is 11.3 Å². The van der Waals surface area contributed by atoms with Crippen molar-refractivity contribution in [3.05, 3.63) is 16.5 Å². The fourth-order valence-electron chi connectivity index (χ4n) is 1.86. The van der Waals surface area contributed by atoms with Gasteiger partial charge in [-0.25, -0.2) is 14.6 Å². The first kappa shape index (κ1) is 10.9. The summed E-state index contributed by atoms with van der Waals surface area (Å²) in [6.07, 6.45) is 2.44. The molecule has 1 fully saturated rings. The van der Waals surface area contributed by atoms with Gasteiger partial charge in [-0.05, 0) is 19.8 Å². The Bertz CT molecular complexity index is 552. The molecule has 1 aliphatic rings. The summed E-state index contributed by atoms with van der Waals surface area (Å²) in [5.41, 5.74) is 6.61. The summed E-state index contributed by atoms with van der Waals surface area (Å²) in [7, 11) is 1.94. The SMILES string of the molecule is Cc1nc(CN)sc1-c1nc(C2CC2)nn1C. The number of nitrogens with zero attached hydrogens (tertiary/aromatic N) is 4. The van der Waals surface area contributed by atoms with Crippen LogP contribution in [-0.2, 0) is 13.6 Å². The molecule has 1 saturated carbocycles. The summed E-state index contributed by atoms with van der Waals surface area (Å²) in [5.74, 6) is 2.48. The third kappa shape index (κ3) is 1.87. The van der Waals surface area contributed by atoms with Crippen molar-refractivity contribution in [3.8, 4) is 10.7 Å². The zero-order chi connectivity index (χ0) is 12.0. The monoisotopic (exact) mass is 249 g/mol. The molecule has 6 heteroatoms. The van der Waals surface area contributed by atoms with Gasteiger partial charge in [0.15, 0.2) is 11.6 Å². The van der Waals surface area contributed by atoms with Gasteiger partial charge in [0, 0.05) is 19.5 Å². The second-order valence-corrected chi connectivity index (χ2v) is 5.50. The van der Waals surface area contributed by atoms with E-state index in [-0.39, 0.29) is 0 Å². The maximum atomic E-state index is 5.62. The average molecular weight is 249 g/mol. The Morgan fingerprint density at radius 3 is 2.76 bits per heavy atom. The van der Waals surface area contributed by atoms with Crippen LogP contribution in [0.5, 0.6) is 0 Å². The number of aromatic nitrogens is 4. The molecule has 0 saturated heterocycles. The smallest absolute Gasteiger partial charge is 0.170 e. The summed E-state index contributed by atoms with van der Waals surface area (Å²) in [6, 6.07) is 0. The highest BCUT2D eigenvalue weighted by atomic mass is 32.1. The van der Waals surface area contributed by atoms with Crippen LogP contribution in [0.2, 0.25) is 0 Å². The highest BCUT2D eigenvalue weighted by Gasteiger charge is 2.29. The van der Waals surface area contributed by atoms with Crippen LogP contribution in [-0.4, -0.2) is 19.7 Å². The molecule has 0 radical (unpaired) electrons. The Balaban J connectivity index is 2.04. The van der Waals surface area contributed by atoms with Crippen LogP contribution in [0.15, 0.2) is 0 Å². The third-order valence-electron chi connectivity index (χ3n) is 2.94. The first-order chi connectivity index (χ1) is 8.19. The van der Waals surface area contributed by atoms with E-state index in [4.69, 9.17) is 5.73 Å². The van der Waals surface area contributed by atoms with Crippen LogP contribution < -0.4 is 5.73 Å². The minimum atomic E-state index is 0.485. The minimum Gasteiger partial charge on any atom is -0.325 e. The average Bonchev–Trinajstić information content (AvgIpc) is 2.99. The van der Waals surface area contributed by atoms with Crippen LogP contribution in [0.1, 0.15) is 35.3 Å². The molecule has 0 unspecified atom stereocenters. The molecule has 0 atom stereocenters. The largest absolute Gasteiger partial charge is 0.325 e. The molecule has 2 aromatic heterocycles. The van der Waals surface area contributed by atoms with E-state index in [2.05, 4.69) is 15.1 Å². The van der Waals surface area contributed by atoms with Gasteiger partial charge in [-0.3, -0.25) is 0 Å². The van der Waals surface area contributed by atoms with Crippen LogP contribution in [0.25, 0.3) is 10.7 Å². The summed E-state index contributed by atoms with van der Waals surface area (Å²) >= 11 is 1.61. The number of aryl methyl sites for hydroxylation is 2. The van der Waals surface area contributed by atoms with Crippen LogP contribution in [0.4, 0.5) is 0 Å². The summed E-state index contributed by atoms with van der Waals surface area (Å²) in [4.78, 5) is 10.2. The Hall–Kier alpha value is -1.27. The van der Waals surface area contributed by atoms with Gasteiger partial charge in [-0.1, -0.05) is 0 Å². The van der Waals surface area contributed by atoms with Crippen LogP contribution in [0, 0.1) is 6.92 Å². The Morgan fingerprint density at radius 1 is 1.41 bits per heavy atom. The van der Waals surface area contributed by atoms with Crippen LogP contribution in [0.3, 0.4) is 0 Å². The number of hydrogen-bond acceptors (Lipinski definition) is 5. The molecule has 17 heavy (non-hydrogen) atoms. The first-order valence-electron chi connectivity index (χ1n) is 5.76. The predicted octanol–water partition coefficient (Wildman–Crippen LogP) is 1.58. The Labute approximate surface area is 104 Å². The van der Waals surface area contributed by atoms with Gasteiger partial charge in [0.05, 0.1) is 10.6 Å². The molecule has 3 rings (SSSR count). The van der Waals surface area contributed by atoms with Crippen LogP contribution >= 0.6 is 11.3 Å². The molecule has 2 aromatic rings. The van der Waals surface area contributed by atoms with Gasteiger partial charge >= 0.3 is 0 Å². The van der Waals surface area contributed by atoms with Gasteiger partial charge in [0.1, 0.15) is 5.01 Å². The van der Waals surface area contributed by atoms with Gasteiger partial charge in [-0.2, -0.15) is 5.10 Å². The molecular weight excluding hydrogens is 234 g/mol.